The largest absolute Gasteiger partial charge is 0.355 e. The molecule has 0 amide bonds. The van der Waals surface area contributed by atoms with E-state index in [9.17, 15) is 0 Å². The molecule has 2 aliphatic rings. The number of nitrogens with zero attached hydrogens (tertiary/aromatic N) is 2. The van der Waals surface area contributed by atoms with Gasteiger partial charge in [-0.05, 0) is 122 Å². The van der Waals surface area contributed by atoms with E-state index in [1.54, 1.807) is 0 Å². The van der Waals surface area contributed by atoms with Crippen molar-refractivity contribution in [3.8, 4) is 0 Å². The summed E-state index contributed by atoms with van der Waals surface area (Å²) in [4.78, 5) is 17.7. The molecule has 5 heteroatoms. The molecule has 5 rings (SSSR count). The molecule has 191 valence electrons. The summed E-state index contributed by atoms with van der Waals surface area (Å²) in [6, 6.07) is 8.98. The molecule has 2 N–H and O–H groups in total. The standard InChI is InChI=1S/C32H38N4.V/c1-9-21-17(5)25-13-26-18(6)23(11-3)31(34-26)16-32-24(12-4)20(8)28(36-32)15-30-22(10-2)19(7)27(35-30)14-29(21)33-25;/h13-16,33,36H,9-12H2,1-8H3;. The van der Waals surface area contributed by atoms with Crippen LogP contribution in [-0.4, -0.2) is 19.9 Å². The van der Waals surface area contributed by atoms with Gasteiger partial charge in [0.1, 0.15) is 0 Å². The van der Waals surface area contributed by atoms with Gasteiger partial charge in [-0.3, -0.25) is 0 Å². The molecule has 0 saturated carbocycles. The van der Waals surface area contributed by atoms with E-state index in [0.29, 0.717) is 0 Å². The molecule has 2 aliphatic heterocycles. The number of fused-ring (bicyclic) bond motifs is 8. The maximum absolute atomic E-state index is 5.15. The Hall–Kier alpha value is -2.82. The average molecular weight is 530 g/mol. The number of aryl methyl sites for hydroxylation is 4. The van der Waals surface area contributed by atoms with Crippen molar-refractivity contribution in [1.29, 1.82) is 0 Å². The van der Waals surface area contributed by atoms with Crippen molar-refractivity contribution in [1.82, 2.24) is 19.9 Å². The summed E-state index contributed by atoms with van der Waals surface area (Å²) in [6.45, 7) is 17.8. The zero-order valence-electron chi connectivity index (χ0n) is 23.5. The van der Waals surface area contributed by atoms with E-state index in [4.69, 9.17) is 9.97 Å². The summed E-state index contributed by atoms with van der Waals surface area (Å²) in [5.41, 5.74) is 19.3. The van der Waals surface area contributed by atoms with E-state index in [-0.39, 0.29) is 18.6 Å². The van der Waals surface area contributed by atoms with Crippen LogP contribution in [0.1, 0.15) is 99.4 Å². The van der Waals surface area contributed by atoms with Crippen molar-refractivity contribution < 1.29 is 18.6 Å². The number of aromatic amines is 2. The molecule has 0 saturated heterocycles. The maximum Gasteiger partial charge on any atom is 0.0693 e. The van der Waals surface area contributed by atoms with E-state index in [1.165, 1.54) is 44.5 Å². The number of hydrogen-bond donors (Lipinski definition) is 2. The Morgan fingerprint density at radius 1 is 0.514 bits per heavy atom. The van der Waals surface area contributed by atoms with Crippen LogP contribution in [0.2, 0.25) is 0 Å². The van der Waals surface area contributed by atoms with Crippen LogP contribution in [0.15, 0.2) is 24.3 Å². The third-order valence-electron chi connectivity index (χ3n) is 8.21. The van der Waals surface area contributed by atoms with Gasteiger partial charge in [-0.1, -0.05) is 27.7 Å². The number of H-pyrrole nitrogens is 2. The van der Waals surface area contributed by atoms with Gasteiger partial charge in [0.05, 0.1) is 22.8 Å². The summed E-state index contributed by atoms with van der Waals surface area (Å²) in [7, 11) is 0. The Bertz CT molecular complexity index is 1610. The van der Waals surface area contributed by atoms with Gasteiger partial charge in [0.25, 0.3) is 0 Å². The molecule has 37 heavy (non-hydrogen) atoms. The van der Waals surface area contributed by atoms with Crippen LogP contribution >= 0.6 is 0 Å². The van der Waals surface area contributed by atoms with E-state index in [2.05, 4.69) is 89.6 Å². The van der Waals surface area contributed by atoms with Crippen LogP contribution in [0.25, 0.3) is 44.4 Å². The van der Waals surface area contributed by atoms with Crippen molar-refractivity contribution in [3.05, 3.63) is 69.3 Å². The summed E-state index contributed by atoms with van der Waals surface area (Å²) >= 11 is 0. The molecule has 4 nitrogen and oxygen atoms in total. The molecule has 3 aromatic rings. The van der Waals surface area contributed by atoms with Crippen molar-refractivity contribution >= 4 is 44.4 Å². The first-order chi connectivity index (χ1) is 17.3. The zero-order valence-corrected chi connectivity index (χ0v) is 24.9. The Morgan fingerprint density at radius 2 is 0.865 bits per heavy atom. The molecule has 0 spiro atoms. The number of rotatable bonds is 4. The second-order valence-corrected chi connectivity index (χ2v) is 10.1. The Kier molecular flexibility index (Phi) is 7.73. The summed E-state index contributed by atoms with van der Waals surface area (Å²) in [5, 5.41) is 0. The molecular formula is C32H38N4V. The number of hydrogen-bond acceptors (Lipinski definition) is 2. The molecule has 0 aromatic carbocycles. The van der Waals surface area contributed by atoms with E-state index < -0.39 is 0 Å². The second kappa shape index (κ2) is 10.5. The predicted molar refractivity (Wildman–Crippen MR) is 155 cm³/mol. The Balaban J connectivity index is 0.00000320. The molecule has 5 heterocycles. The minimum Gasteiger partial charge on any atom is -0.355 e. The van der Waals surface area contributed by atoms with Gasteiger partial charge in [-0.2, -0.15) is 0 Å². The normalized spacial score (nSPS) is 13.4. The Morgan fingerprint density at radius 3 is 1.24 bits per heavy atom. The van der Waals surface area contributed by atoms with Gasteiger partial charge in [-0.25, -0.2) is 9.97 Å². The first-order valence-electron chi connectivity index (χ1n) is 13.4. The quantitative estimate of drug-likeness (QED) is 0.355. The van der Waals surface area contributed by atoms with Crippen LogP contribution in [0, 0.1) is 13.8 Å². The summed E-state index contributed by atoms with van der Waals surface area (Å²) in [6.07, 6.45) is 3.86. The van der Waals surface area contributed by atoms with Gasteiger partial charge < -0.3 is 9.97 Å². The fraction of sp³-hybridized carbons (Fsp3) is 0.375. The zero-order chi connectivity index (χ0) is 25.7. The van der Waals surface area contributed by atoms with Crippen molar-refractivity contribution in [2.45, 2.75) is 81.1 Å². The first-order valence-corrected chi connectivity index (χ1v) is 13.4. The van der Waals surface area contributed by atoms with E-state index in [0.717, 1.165) is 70.5 Å². The van der Waals surface area contributed by atoms with E-state index >= 15 is 0 Å². The minimum absolute atomic E-state index is 0. The SMILES string of the molecule is CCC1=C(C)c2cc3[nH]c(cc4nc(cc5[nH]c(cc1n2)c(C)c5CC)C(CC)=C4C)c(C)c3CC.[V]. The number of allylic oxidation sites excluding steroid dienone is 4. The molecule has 0 atom stereocenters. The fourth-order valence-electron chi connectivity index (χ4n) is 6.02. The van der Waals surface area contributed by atoms with Crippen LogP contribution < -0.4 is 0 Å². The fourth-order valence-corrected chi connectivity index (χ4v) is 6.02. The van der Waals surface area contributed by atoms with Gasteiger partial charge >= 0.3 is 0 Å². The number of nitrogens with one attached hydrogen (secondary N) is 2. The molecule has 0 fully saturated rings. The summed E-state index contributed by atoms with van der Waals surface area (Å²) < 4.78 is 0. The molecule has 8 bridgehead atoms. The molecule has 0 unspecified atom stereocenters. The van der Waals surface area contributed by atoms with Crippen molar-refractivity contribution in [2.24, 2.45) is 0 Å². The first kappa shape index (κ1) is 27.2. The topological polar surface area (TPSA) is 57.4 Å². The third-order valence-corrected chi connectivity index (χ3v) is 8.21. The Labute approximate surface area is 232 Å². The molecule has 0 aliphatic carbocycles. The number of aromatic nitrogens is 4. The summed E-state index contributed by atoms with van der Waals surface area (Å²) in [5.74, 6) is 0. The monoisotopic (exact) mass is 529 g/mol. The molecule has 1 radical (unpaired) electrons. The van der Waals surface area contributed by atoms with E-state index in [1.807, 2.05) is 0 Å². The van der Waals surface area contributed by atoms with Crippen molar-refractivity contribution in [3.63, 3.8) is 0 Å². The minimum atomic E-state index is 0. The smallest absolute Gasteiger partial charge is 0.0693 e. The third kappa shape index (κ3) is 4.45. The van der Waals surface area contributed by atoms with Gasteiger partial charge in [0.15, 0.2) is 0 Å². The van der Waals surface area contributed by atoms with Crippen LogP contribution in [0.3, 0.4) is 0 Å². The van der Waals surface area contributed by atoms with Crippen molar-refractivity contribution in [2.75, 3.05) is 0 Å². The molecular weight excluding hydrogens is 491 g/mol. The van der Waals surface area contributed by atoms with Crippen LogP contribution in [0.5, 0.6) is 0 Å². The van der Waals surface area contributed by atoms with Gasteiger partial charge in [-0.15, -0.1) is 0 Å². The van der Waals surface area contributed by atoms with Gasteiger partial charge in [0.2, 0.25) is 0 Å². The maximum atomic E-state index is 5.15. The van der Waals surface area contributed by atoms with Crippen LogP contribution in [-0.2, 0) is 31.4 Å². The van der Waals surface area contributed by atoms with Crippen LogP contribution in [0.4, 0.5) is 0 Å². The average Bonchev–Trinajstić information content (AvgIpc) is 3.51. The predicted octanol–water partition coefficient (Wildman–Crippen LogP) is 8.74. The van der Waals surface area contributed by atoms with Gasteiger partial charge in [0, 0.05) is 40.6 Å². The molecule has 3 aromatic heterocycles. The second-order valence-electron chi connectivity index (χ2n) is 10.1.